The average molecular weight is 339 g/mol. The van der Waals surface area contributed by atoms with Gasteiger partial charge in [-0.1, -0.05) is 19.0 Å². The summed E-state index contributed by atoms with van der Waals surface area (Å²) in [6.07, 6.45) is 2.66. The lowest BCUT2D eigenvalue weighted by Gasteiger charge is -2.27. The lowest BCUT2D eigenvalue weighted by atomic mass is 10.0. The molecule has 130 valence electrons. The van der Waals surface area contributed by atoms with Crippen LogP contribution in [0.1, 0.15) is 52.6 Å². The molecular weight excluding hydrogens is 318 g/mol. The maximum Gasteiger partial charge on any atom is 0.335 e. The van der Waals surface area contributed by atoms with Gasteiger partial charge < -0.3 is 14.6 Å². The third kappa shape index (κ3) is 2.82. The number of aromatic amines is 1. The van der Waals surface area contributed by atoms with Gasteiger partial charge in [0.25, 0.3) is 0 Å². The molecule has 2 aromatic heterocycles. The van der Waals surface area contributed by atoms with Crippen molar-refractivity contribution in [3.05, 3.63) is 52.5 Å². The molecule has 3 aromatic rings. The first-order valence-electron chi connectivity index (χ1n) is 8.55. The molecule has 0 fully saturated rings. The van der Waals surface area contributed by atoms with Crippen LogP contribution in [0.2, 0.25) is 0 Å². The first-order chi connectivity index (χ1) is 12.0. The number of nitrogens with zero attached hydrogens (tertiary/aromatic N) is 2. The highest BCUT2D eigenvalue weighted by Gasteiger charge is 2.23. The molecule has 0 amide bonds. The molecular formula is C19H21N3O3. The molecule has 0 saturated carbocycles. The number of aromatic carboxylic acids is 1. The summed E-state index contributed by atoms with van der Waals surface area (Å²) in [5.74, 6) is -0.559. The van der Waals surface area contributed by atoms with Crippen LogP contribution in [0.5, 0.6) is 0 Å². The normalized spacial score (nSPS) is 15.0. The molecule has 0 unspecified atom stereocenters. The molecule has 3 heterocycles. The maximum atomic E-state index is 11.3. The van der Waals surface area contributed by atoms with Gasteiger partial charge >= 0.3 is 5.97 Å². The largest absolute Gasteiger partial charge is 0.478 e. The maximum absolute atomic E-state index is 11.3. The molecule has 1 aliphatic rings. The SMILES string of the molecule is CC(C)c1nocc1CN1CCc2[nH]c3ccc(C(=O)O)cc3c2C1. The fourth-order valence-corrected chi connectivity index (χ4v) is 3.64. The van der Waals surface area contributed by atoms with Crippen LogP contribution >= 0.6 is 0 Å². The number of aromatic nitrogens is 2. The molecule has 0 spiro atoms. The van der Waals surface area contributed by atoms with Crippen molar-refractivity contribution in [3.63, 3.8) is 0 Å². The molecule has 0 radical (unpaired) electrons. The molecule has 4 rings (SSSR count). The van der Waals surface area contributed by atoms with Crippen molar-refractivity contribution in [3.8, 4) is 0 Å². The fourth-order valence-electron chi connectivity index (χ4n) is 3.64. The number of hydrogen-bond acceptors (Lipinski definition) is 4. The Kier molecular flexibility index (Phi) is 3.84. The molecule has 1 aromatic carbocycles. The molecule has 0 saturated heterocycles. The Hall–Kier alpha value is -2.60. The summed E-state index contributed by atoms with van der Waals surface area (Å²) in [7, 11) is 0. The zero-order chi connectivity index (χ0) is 17.6. The minimum atomic E-state index is -0.893. The minimum absolute atomic E-state index is 0.326. The fraction of sp³-hybridized carbons (Fsp3) is 0.368. The Labute approximate surface area is 145 Å². The zero-order valence-electron chi connectivity index (χ0n) is 14.4. The minimum Gasteiger partial charge on any atom is -0.478 e. The van der Waals surface area contributed by atoms with E-state index in [0.29, 0.717) is 11.5 Å². The molecule has 0 atom stereocenters. The van der Waals surface area contributed by atoms with Crippen molar-refractivity contribution in [2.24, 2.45) is 0 Å². The van der Waals surface area contributed by atoms with Gasteiger partial charge in [0, 0.05) is 48.2 Å². The third-order valence-electron chi connectivity index (χ3n) is 4.92. The Balaban J connectivity index is 1.63. The number of carbonyl (C=O) groups is 1. The second-order valence-corrected chi connectivity index (χ2v) is 6.99. The number of nitrogens with one attached hydrogen (secondary N) is 1. The lowest BCUT2D eigenvalue weighted by molar-refractivity contribution is 0.0697. The van der Waals surface area contributed by atoms with Crippen LogP contribution in [0.4, 0.5) is 0 Å². The summed E-state index contributed by atoms with van der Waals surface area (Å²) in [6.45, 7) is 6.77. The summed E-state index contributed by atoms with van der Waals surface area (Å²) < 4.78 is 5.17. The van der Waals surface area contributed by atoms with E-state index in [4.69, 9.17) is 4.52 Å². The van der Waals surface area contributed by atoms with Crippen LogP contribution in [0, 0.1) is 0 Å². The van der Waals surface area contributed by atoms with Gasteiger partial charge in [-0.25, -0.2) is 4.79 Å². The van der Waals surface area contributed by atoms with Gasteiger partial charge in [0.15, 0.2) is 0 Å². The van der Waals surface area contributed by atoms with Gasteiger partial charge in [-0.15, -0.1) is 0 Å². The average Bonchev–Trinajstić information content (AvgIpc) is 3.18. The first-order valence-corrected chi connectivity index (χ1v) is 8.55. The van der Waals surface area contributed by atoms with Gasteiger partial charge in [0.1, 0.15) is 6.26 Å². The van der Waals surface area contributed by atoms with E-state index in [1.165, 1.54) is 11.3 Å². The number of carboxylic acids is 1. The predicted octanol–water partition coefficient (Wildman–Crippen LogP) is 3.54. The molecule has 0 aliphatic carbocycles. The van der Waals surface area contributed by atoms with Gasteiger partial charge in [-0.05, 0) is 29.7 Å². The molecule has 0 bridgehead atoms. The smallest absolute Gasteiger partial charge is 0.335 e. The number of H-pyrrole nitrogens is 1. The zero-order valence-corrected chi connectivity index (χ0v) is 14.4. The van der Waals surface area contributed by atoms with Gasteiger partial charge in [-0.2, -0.15) is 0 Å². The molecule has 25 heavy (non-hydrogen) atoms. The highest BCUT2D eigenvalue weighted by atomic mass is 16.5. The number of carboxylic acid groups (broad SMARTS) is 1. The summed E-state index contributed by atoms with van der Waals surface area (Å²) in [6, 6.07) is 5.28. The molecule has 1 aliphatic heterocycles. The van der Waals surface area contributed by atoms with E-state index >= 15 is 0 Å². The van der Waals surface area contributed by atoms with Crippen molar-refractivity contribution >= 4 is 16.9 Å². The van der Waals surface area contributed by atoms with Crippen LogP contribution < -0.4 is 0 Å². The summed E-state index contributed by atoms with van der Waals surface area (Å²) in [5.41, 5.74) is 5.88. The van der Waals surface area contributed by atoms with Gasteiger partial charge in [-0.3, -0.25) is 4.90 Å². The highest BCUT2D eigenvalue weighted by molar-refractivity contribution is 5.95. The molecule has 6 heteroatoms. The van der Waals surface area contributed by atoms with Crippen LogP contribution in [0.3, 0.4) is 0 Å². The number of rotatable bonds is 4. The van der Waals surface area contributed by atoms with Crippen LogP contribution in [0.15, 0.2) is 29.0 Å². The lowest BCUT2D eigenvalue weighted by Crippen LogP contribution is -2.30. The molecule has 2 N–H and O–H groups in total. The van der Waals surface area contributed by atoms with Crippen molar-refractivity contribution in [2.45, 2.75) is 39.3 Å². The number of fused-ring (bicyclic) bond motifs is 3. The standard InChI is InChI=1S/C19H21N3O3/c1-11(2)18-13(10-25-21-18)8-22-6-5-17-15(9-22)14-7-12(19(23)24)3-4-16(14)20-17/h3-4,7,10-11,20H,5-6,8-9H2,1-2H3,(H,23,24). The Morgan fingerprint density at radius 2 is 2.28 bits per heavy atom. The highest BCUT2D eigenvalue weighted by Crippen LogP contribution is 2.30. The van der Waals surface area contributed by atoms with Crippen molar-refractivity contribution in [2.75, 3.05) is 6.54 Å². The van der Waals surface area contributed by atoms with E-state index in [2.05, 4.69) is 28.9 Å². The Morgan fingerprint density at radius 3 is 3.04 bits per heavy atom. The third-order valence-corrected chi connectivity index (χ3v) is 4.92. The van der Waals surface area contributed by atoms with E-state index in [-0.39, 0.29) is 0 Å². The predicted molar refractivity (Wildman–Crippen MR) is 93.7 cm³/mol. The van der Waals surface area contributed by atoms with E-state index in [1.807, 2.05) is 6.07 Å². The topological polar surface area (TPSA) is 82.4 Å². The summed E-state index contributed by atoms with van der Waals surface area (Å²) >= 11 is 0. The van der Waals surface area contributed by atoms with Crippen LogP contribution in [0.25, 0.3) is 10.9 Å². The van der Waals surface area contributed by atoms with E-state index in [9.17, 15) is 9.90 Å². The van der Waals surface area contributed by atoms with Crippen molar-refractivity contribution < 1.29 is 14.4 Å². The first kappa shape index (κ1) is 15.9. The number of benzene rings is 1. The van der Waals surface area contributed by atoms with Gasteiger partial charge in [0.05, 0.1) is 11.3 Å². The monoisotopic (exact) mass is 339 g/mol. The summed E-state index contributed by atoms with van der Waals surface area (Å²) in [4.78, 5) is 17.1. The van der Waals surface area contributed by atoms with Gasteiger partial charge in [0.2, 0.25) is 0 Å². The summed E-state index contributed by atoms with van der Waals surface area (Å²) in [5, 5.41) is 14.4. The van der Waals surface area contributed by atoms with E-state index < -0.39 is 5.97 Å². The van der Waals surface area contributed by atoms with E-state index in [0.717, 1.165) is 48.2 Å². The van der Waals surface area contributed by atoms with E-state index in [1.54, 1.807) is 18.4 Å². The van der Waals surface area contributed by atoms with Crippen molar-refractivity contribution in [1.29, 1.82) is 0 Å². The molecule has 6 nitrogen and oxygen atoms in total. The second-order valence-electron chi connectivity index (χ2n) is 6.99. The Bertz CT molecular complexity index is 939. The van der Waals surface area contributed by atoms with Crippen molar-refractivity contribution in [1.82, 2.24) is 15.0 Å². The number of hydrogen-bond donors (Lipinski definition) is 2. The quantitative estimate of drug-likeness (QED) is 0.760. The Morgan fingerprint density at radius 1 is 1.44 bits per heavy atom. The van der Waals surface area contributed by atoms with Crippen LogP contribution in [-0.2, 0) is 19.5 Å². The second kappa shape index (κ2) is 6.04. The van der Waals surface area contributed by atoms with Crippen LogP contribution in [-0.4, -0.2) is 32.7 Å².